The molecule has 0 bridgehead atoms. The second kappa shape index (κ2) is 12.2. The van der Waals surface area contributed by atoms with Gasteiger partial charge in [0, 0.05) is 25.1 Å². The van der Waals surface area contributed by atoms with Gasteiger partial charge < -0.3 is 23.7 Å². The van der Waals surface area contributed by atoms with Crippen molar-refractivity contribution in [3.63, 3.8) is 0 Å². The van der Waals surface area contributed by atoms with E-state index in [0.29, 0.717) is 12.8 Å². The van der Waals surface area contributed by atoms with Crippen molar-refractivity contribution in [1.82, 2.24) is 9.55 Å². The van der Waals surface area contributed by atoms with E-state index in [1.807, 2.05) is 0 Å². The summed E-state index contributed by atoms with van der Waals surface area (Å²) in [5.41, 5.74) is -4.20. The standard InChI is InChI=1S/C27H41N2O13P/c1-24(2,3)21(31)35-15-38-43(34,39-16-36-22(32)25(4,5)6)37-14-17-19-26(7,42-27(41-19)11-8-9-12-27)20(40-17)29-13-10-18(30)28-23(29)33/h10,13,17,19-20H,8-9,11-12,14-16H2,1-7H3,(H,28,30,33)/t17-,19-,20-,26-/m1/s1. The highest BCUT2D eigenvalue weighted by Crippen LogP contribution is 2.56. The van der Waals surface area contributed by atoms with Crippen LogP contribution in [0.3, 0.4) is 0 Å². The molecule has 3 fully saturated rings. The summed E-state index contributed by atoms with van der Waals surface area (Å²) in [4.78, 5) is 51.0. The Morgan fingerprint density at radius 3 is 2.07 bits per heavy atom. The highest BCUT2D eigenvalue weighted by Gasteiger charge is 2.67. The van der Waals surface area contributed by atoms with Crippen molar-refractivity contribution in [2.24, 2.45) is 10.8 Å². The maximum absolute atomic E-state index is 13.6. The number of nitrogens with one attached hydrogen (secondary N) is 1. The van der Waals surface area contributed by atoms with Gasteiger partial charge in [-0.1, -0.05) is 0 Å². The van der Waals surface area contributed by atoms with E-state index < -0.39 is 91.9 Å². The molecule has 0 aromatic carbocycles. The molecule has 1 saturated carbocycles. The smallest absolute Gasteiger partial charge is 0.437 e. The SMILES string of the molecule is CC(C)(C)C(=O)OCOP(=O)(OCOC(=O)C(C)(C)C)OC[C@H]1O[C@@H](n2ccc(=O)[nH]c2=O)[C@]2(C)OC3(CCCC3)O[C@H]12. The predicted molar refractivity (Wildman–Crippen MR) is 147 cm³/mol. The number of phosphoric ester groups is 1. The summed E-state index contributed by atoms with van der Waals surface area (Å²) in [5, 5.41) is 0. The number of phosphoric acid groups is 1. The molecular formula is C27H41N2O13P. The van der Waals surface area contributed by atoms with Gasteiger partial charge in [-0.05, 0) is 61.3 Å². The number of nitrogens with zero attached hydrogens (tertiary/aromatic N) is 1. The largest absolute Gasteiger partial charge is 0.480 e. The Balaban J connectivity index is 1.53. The van der Waals surface area contributed by atoms with Crippen LogP contribution in [0.2, 0.25) is 0 Å². The molecular weight excluding hydrogens is 591 g/mol. The number of H-pyrrole nitrogens is 1. The molecule has 1 aromatic heterocycles. The third-order valence-electron chi connectivity index (χ3n) is 7.34. The van der Waals surface area contributed by atoms with Gasteiger partial charge in [0.2, 0.25) is 13.6 Å². The molecule has 1 aromatic rings. The van der Waals surface area contributed by atoms with E-state index in [2.05, 4.69) is 4.98 Å². The van der Waals surface area contributed by atoms with Crippen molar-refractivity contribution in [1.29, 1.82) is 0 Å². The van der Waals surface area contributed by atoms with Gasteiger partial charge in [0.15, 0.2) is 12.0 Å². The topological polar surface area (TPSA) is 180 Å². The van der Waals surface area contributed by atoms with Gasteiger partial charge in [-0.25, -0.2) is 18.4 Å². The second-order valence-electron chi connectivity index (χ2n) is 13.1. The third-order valence-corrected chi connectivity index (χ3v) is 8.65. The molecule has 43 heavy (non-hydrogen) atoms. The Bertz CT molecular complexity index is 1320. The predicted octanol–water partition coefficient (Wildman–Crippen LogP) is 3.13. The number of aromatic nitrogens is 2. The van der Waals surface area contributed by atoms with Crippen LogP contribution in [0.25, 0.3) is 0 Å². The van der Waals surface area contributed by atoms with Crippen LogP contribution in [0.1, 0.15) is 80.4 Å². The highest BCUT2D eigenvalue weighted by molar-refractivity contribution is 7.48. The van der Waals surface area contributed by atoms with E-state index >= 15 is 0 Å². The van der Waals surface area contributed by atoms with E-state index in [0.717, 1.165) is 12.8 Å². The van der Waals surface area contributed by atoms with Crippen molar-refractivity contribution in [3.05, 3.63) is 33.1 Å². The van der Waals surface area contributed by atoms with Gasteiger partial charge in [0.05, 0.1) is 17.4 Å². The number of aromatic amines is 1. The zero-order valence-electron chi connectivity index (χ0n) is 25.5. The monoisotopic (exact) mass is 632 g/mol. The van der Waals surface area contributed by atoms with Crippen LogP contribution in [0.5, 0.6) is 0 Å². The minimum absolute atomic E-state index is 0.438. The van der Waals surface area contributed by atoms with E-state index in [1.165, 1.54) is 16.8 Å². The van der Waals surface area contributed by atoms with E-state index in [-0.39, 0.29) is 0 Å². The molecule has 3 aliphatic rings. The van der Waals surface area contributed by atoms with Crippen molar-refractivity contribution in [3.8, 4) is 0 Å². The quantitative estimate of drug-likeness (QED) is 0.226. The number of carbonyl (C=O) groups excluding carboxylic acids is 2. The van der Waals surface area contributed by atoms with Gasteiger partial charge in [0.25, 0.3) is 5.56 Å². The first-order chi connectivity index (χ1) is 19.9. The highest BCUT2D eigenvalue weighted by atomic mass is 31.2. The average Bonchev–Trinajstić information content (AvgIpc) is 3.54. The number of hydrogen-bond acceptors (Lipinski definition) is 13. The maximum Gasteiger partial charge on any atom is 0.480 e. The molecule has 242 valence electrons. The normalized spacial score (nSPS) is 26.9. The summed E-state index contributed by atoms with van der Waals surface area (Å²) >= 11 is 0. The van der Waals surface area contributed by atoms with Crippen LogP contribution < -0.4 is 11.2 Å². The molecule has 15 nitrogen and oxygen atoms in total. The molecule has 4 rings (SSSR count). The molecule has 1 aliphatic carbocycles. The lowest BCUT2D eigenvalue weighted by Crippen LogP contribution is -2.45. The summed E-state index contributed by atoms with van der Waals surface area (Å²) in [6.07, 6.45) is 1.52. The molecule has 0 radical (unpaired) electrons. The molecule has 1 N–H and O–H groups in total. The third kappa shape index (κ3) is 7.47. The number of hydrogen-bond donors (Lipinski definition) is 1. The Hall–Kier alpha value is -2.39. The van der Waals surface area contributed by atoms with Gasteiger partial charge in [-0.15, -0.1) is 0 Å². The number of fused-ring (bicyclic) bond motifs is 1. The van der Waals surface area contributed by atoms with E-state index in [4.69, 9.17) is 37.3 Å². The molecule has 1 spiro atoms. The lowest BCUT2D eigenvalue weighted by atomic mass is 9.96. The fraction of sp³-hybridized carbons (Fsp3) is 0.778. The molecule has 4 atom stereocenters. The molecule has 2 saturated heterocycles. The number of esters is 2. The fourth-order valence-corrected chi connectivity index (χ4v) is 5.97. The zero-order chi connectivity index (χ0) is 31.8. The minimum atomic E-state index is -4.54. The minimum Gasteiger partial charge on any atom is -0.437 e. The van der Waals surface area contributed by atoms with E-state index in [9.17, 15) is 23.7 Å². The molecule has 3 heterocycles. The van der Waals surface area contributed by atoms with Gasteiger partial charge in [0.1, 0.15) is 17.8 Å². The lowest BCUT2D eigenvalue weighted by molar-refractivity contribution is -0.232. The number of rotatable bonds is 10. The molecule has 2 aliphatic heterocycles. The number of ether oxygens (including phenoxy) is 5. The first-order valence-corrected chi connectivity index (χ1v) is 15.6. The van der Waals surface area contributed by atoms with Crippen LogP contribution in [-0.2, 0) is 51.4 Å². The summed E-state index contributed by atoms with van der Waals surface area (Å²) < 4.78 is 60.1. The molecule has 0 unspecified atom stereocenters. The Morgan fingerprint density at radius 1 is 1.00 bits per heavy atom. The van der Waals surface area contributed by atoms with Crippen molar-refractivity contribution in [2.45, 2.75) is 104 Å². The van der Waals surface area contributed by atoms with Gasteiger partial charge >= 0.3 is 25.5 Å². The van der Waals surface area contributed by atoms with Crippen molar-refractivity contribution in [2.75, 3.05) is 20.2 Å². The second-order valence-corrected chi connectivity index (χ2v) is 14.8. The zero-order valence-corrected chi connectivity index (χ0v) is 26.4. The lowest BCUT2D eigenvalue weighted by Gasteiger charge is -2.31. The summed E-state index contributed by atoms with van der Waals surface area (Å²) in [7, 11) is -4.54. The first-order valence-electron chi connectivity index (χ1n) is 14.1. The Morgan fingerprint density at radius 2 is 1.56 bits per heavy atom. The maximum atomic E-state index is 13.6. The Kier molecular flexibility index (Phi) is 9.49. The molecule has 16 heteroatoms. The summed E-state index contributed by atoms with van der Waals surface area (Å²) in [6.45, 7) is 9.54. The van der Waals surface area contributed by atoms with Gasteiger partial charge in [-0.2, -0.15) is 0 Å². The van der Waals surface area contributed by atoms with Crippen molar-refractivity contribution >= 4 is 19.8 Å². The van der Waals surface area contributed by atoms with Gasteiger partial charge in [-0.3, -0.25) is 28.5 Å². The molecule has 0 amide bonds. The van der Waals surface area contributed by atoms with Crippen LogP contribution in [-0.4, -0.2) is 65.3 Å². The van der Waals surface area contributed by atoms with Crippen LogP contribution in [0.15, 0.2) is 21.9 Å². The summed E-state index contributed by atoms with van der Waals surface area (Å²) in [5.74, 6) is -2.15. The Labute approximate surface area is 249 Å². The van der Waals surface area contributed by atoms with Crippen LogP contribution in [0.4, 0.5) is 0 Å². The average molecular weight is 633 g/mol. The van der Waals surface area contributed by atoms with E-state index in [1.54, 1.807) is 48.5 Å². The fourth-order valence-electron chi connectivity index (χ4n) is 5.05. The number of carbonyl (C=O) groups is 2. The first kappa shape index (κ1) is 33.5. The van der Waals surface area contributed by atoms with Crippen molar-refractivity contribution < 1.29 is 51.4 Å². The van der Waals surface area contributed by atoms with Crippen LogP contribution >= 0.6 is 7.82 Å². The van der Waals surface area contributed by atoms with Crippen LogP contribution in [0, 0.1) is 10.8 Å². The summed E-state index contributed by atoms with van der Waals surface area (Å²) in [6, 6.07) is 1.18.